The molecule has 3 rings (SSSR count). The Hall–Kier alpha value is -2.36. The van der Waals surface area contributed by atoms with E-state index in [-0.39, 0.29) is 5.69 Å². The molecule has 0 aliphatic heterocycles. The quantitative estimate of drug-likeness (QED) is 0.623. The highest BCUT2D eigenvalue weighted by molar-refractivity contribution is 5.73. The van der Waals surface area contributed by atoms with Crippen molar-refractivity contribution in [2.45, 2.75) is 0 Å². The Morgan fingerprint density at radius 3 is 2.75 bits per heavy atom. The van der Waals surface area contributed by atoms with Crippen LogP contribution < -0.4 is 5.63 Å². The fourth-order valence-electron chi connectivity index (χ4n) is 1.52. The number of benzene rings is 1. The summed E-state index contributed by atoms with van der Waals surface area (Å²) >= 11 is 0. The Balaban J connectivity index is 2.34. The normalized spacial score (nSPS) is 10.8. The largest absolute Gasteiger partial charge is 0.462 e. The van der Waals surface area contributed by atoms with Crippen LogP contribution in [0.3, 0.4) is 0 Å². The van der Waals surface area contributed by atoms with E-state index >= 15 is 0 Å². The lowest BCUT2D eigenvalue weighted by atomic mass is 10.3. The van der Waals surface area contributed by atoms with Crippen molar-refractivity contribution in [1.29, 1.82) is 0 Å². The van der Waals surface area contributed by atoms with Crippen LogP contribution in [0.5, 0.6) is 0 Å². The first-order valence-electron chi connectivity index (χ1n) is 4.78. The molecule has 78 valence electrons. The molecule has 0 aliphatic rings. The van der Waals surface area contributed by atoms with E-state index in [4.69, 9.17) is 8.83 Å². The number of nitrogens with zero attached hydrogens (tertiary/aromatic N) is 1. The van der Waals surface area contributed by atoms with Gasteiger partial charge in [-0.05, 0) is 24.3 Å². The zero-order valence-corrected chi connectivity index (χ0v) is 8.21. The summed E-state index contributed by atoms with van der Waals surface area (Å²) in [6.45, 7) is 0. The van der Waals surface area contributed by atoms with E-state index in [0.717, 1.165) is 0 Å². The number of aromatic nitrogens is 1. The van der Waals surface area contributed by atoms with Crippen LogP contribution in [0, 0.1) is 0 Å². The minimum atomic E-state index is -0.492. The van der Waals surface area contributed by atoms with Crippen LogP contribution in [0.15, 0.2) is 56.3 Å². The van der Waals surface area contributed by atoms with Crippen LogP contribution >= 0.6 is 0 Å². The molecular weight excluding hydrogens is 206 g/mol. The molecule has 2 aromatic heterocycles. The zero-order chi connectivity index (χ0) is 11.0. The zero-order valence-electron chi connectivity index (χ0n) is 8.21. The molecule has 0 fully saturated rings. The summed E-state index contributed by atoms with van der Waals surface area (Å²) in [5, 5.41) is 0. The van der Waals surface area contributed by atoms with Gasteiger partial charge in [-0.1, -0.05) is 12.1 Å². The Morgan fingerprint density at radius 1 is 1.06 bits per heavy atom. The average molecular weight is 213 g/mol. The average Bonchev–Trinajstić information content (AvgIpc) is 2.81. The lowest BCUT2D eigenvalue weighted by molar-refractivity contribution is 0.540. The maximum Gasteiger partial charge on any atom is 0.366 e. The summed E-state index contributed by atoms with van der Waals surface area (Å²) in [7, 11) is 0. The van der Waals surface area contributed by atoms with Crippen LogP contribution in [0.25, 0.3) is 22.6 Å². The van der Waals surface area contributed by atoms with Crippen molar-refractivity contribution < 1.29 is 8.83 Å². The van der Waals surface area contributed by atoms with Crippen molar-refractivity contribution in [2.75, 3.05) is 0 Å². The van der Waals surface area contributed by atoms with E-state index in [1.807, 2.05) is 6.07 Å². The van der Waals surface area contributed by atoms with Crippen molar-refractivity contribution in [2.24, 2.45) is 0 Å². The molecule has 0 bridgehead atoms. The standard InChI is InChI=1S/C12H7NO3/c14-12-11(10-6-3-7-15-10)13-8-4-1-2-5-9(8)16-12/h1-7H. The lowest BCUT2D eigenvalue weighted by Gasteiger charge is -1.97. The molecule has 1 aromatic carbocycles. The first kappa shape index (κ1) is 8.91. The van der Waals surface area contributed by atoms with Gasteiger partial charge in [0.2, 0.25) is 0 Å². The van der Waals surface area contributed by atoms with Gasteiger partial charge < -0.3 is 8.83 Å². The molecule has 0 atom stereocenters. The molecule has 16 heavy (non-hydrogen) atoms. The molecule has 0 N–H and O–H groups in total. The highest BCUT2D eigenvalue weighted by Gasteiger charge is 2.11. The fourth-order valence-corrected chi connectivity index (χ4v) is 1.52. The van der Waals surface area contributed by atoms with Gasteiger partial charge in [0.15, 0.2) is 17.0 Å². The second-order valence-corrected chi connectivity index (χ2v) is 3.29. The Kier molecular flexibility index (Phi) is 1.86. The van der Waals surface area contributed by atoms with Crippen molar-refractivity contribution in [3.05, 3.63) is 53.1 Å². The van der Waals surface area contributed by atoms with Gasteiger partial charge in [0.05, 0.1) is 6.26 Å². The number of hydrogen-bond acceptors (Lipinski definition) is 4. The summed E-state index contributed by atoms with van der Waals surface area (Å²) in [6.07, 6.45) is 1.49. The van der Waals surface area contributed by atoms with Crippen LogP contribution in [-0.4, -0.2) is 4.98 Å². The van der Waals surface area contributed by atoms with Crippen LogP contribution in [0.2, 0.25) is 0 Å². The topological polar surface area (TPSA) is 56.2 Å². The second kappa shape index (κ2) is 3.34. The van der Waals surface area contributed by atoms with Crippen LogP contribution in [0.1, 0.15) is 0 Å². The lowest BCUT2D eigenvalue weighted by Crippen LogP contribution is -2.05. The summed E-state index contributed by atoms with van der Waals surface area (Å²) in [6, 6.07) is 10.5. The van der Waals surface area contributed by atoms with Gasteiger partial charge in [-0.3, -0.25) is 0 Å². The van der Waals surface area contributed by atoms with E-state index < -0.39 is 5.63 Å². The summed E-state index contributed by atoms with van der Waals surface area (Å²) in [4.78, 5) is 15.9. The molecular formula is C12H7NO3. The minimum Gasteiger partial charge on any atom is -0.462 e. The third-order valence-corrected chi connectivity index (χ3v) is 2.25. The molecule has 0 saturated heterocycles. The van der Waals surface area contributed by atoms with Gasteiger partial charge in [0.1, 0.15) is 5.52 Å². The number of para-hydroxylation sites is 2. The molecule has 0 aliphatic carbocycles. The van der Waals surface area contributed by atoms with E-state index in [0.29, 0.717) is 16.9 Å². The summed E-state index contributed by atoms with van der Waals surface area (Å²) in [5.41, 5.74) is 0.814. The molecule has 4 nitrogen and oxygen atoms in total. The SMILES string of the molecule is O=c1oc2ccccc2nc1-c1ccco1. The van der Waals surface area contributed by atoms with Gasteiger partial charge in [0, 0.05) is 0 Å². The van der Waals surface area contributed by atoms with Crippen molar-refractivity contribution in [3.8, 4) is 11.5 Å². The molecule has 4 heteroatoms. The number of hydrogen-bond donors (Lipinski definition) is 0. The molecule has 0 spiro atoms. The first-order chi connectivity index (χ1) is 7.84. The third kappa shape index (κ3) is 1.32. The first-order valence-corrected chi connectivity index (χ1v) is 4.78. The van der Waals surface area contributed by atoms with Crippen molar-refractivity contribution in [1.82, 2.24) is 4.98 Å². The predicted octanol–water partition coefficient (Wildman–Crippen LogP) is 2.45. The highest BCUT2D eigenvalue weighted by atomic mass is 16.4. The van der Waals surface area contributed by atoms with E-state index in [9.17, 15) is 4.79 Å². The molecule has 3 aromatic rings. The van der Waals surface area contributed by atoms with E-state index in [2.05, 4.69) is 4.98 Å². The number of fused-ring (bicyclic) bond motifs is 1. The summed E-state index contributed by atoms with van der Waals surface area (Å²) < 4.78 is 10.3. The predicted molar refractivity (Wildman–Crippen MR) is 58.0 cm³/mol. The summed E-state index contributed by atoms with van der Waals surface area (Å²) in [5.74, 6) is 0.416. The van der Waals surface area contributed by atoms with Crippen LogP contribution in [0.4, 0.5) is 0 Å². The van der Waals surface area contributed by atoms with Gasteiger partial charge in [-0.2, -0.15) is 0 Å². The fraction of sp³-hybridized carbons (Fsp3) is 0. The van der Waals surface area contributed by atoms with Crippen LogP contribution in [-0.2, 0) is 0 Å². The molecule has 0 radical (unpaired) electrons. The van der Waals surface area contributed by atoms with Crippen molar-refractivity contribution >= 4 is 11.1 Å². The minimum absolute atomic E-state index is 0.198. The van der Waals surface area contributed by atoms with E-state index in [1.54, 1.807) is 30.3 Å². The van der Waals surface area contributed by atoms with Gasteiger partial charge in [0.25, 0.3) is 0 Å². The molecule has 0 unspecified atom stereocenters. The van der Waals surface area contributed by atoms with Gasteiger partial charge >= 0.3 is 5.63 Å². The Bertz CT molecular complexity index is 683. The third-order valence-electron chi connectivity index (χ3n) is 2.25. The van der Waals surface area contributed by atoms with Gasteiger partial charge in [-0.15, -0.1) is 0 Å². The van der Waals surface area contributed by atoms with Gasteiger partial charge in [-0.25, -0.2) is 9.78 Å². The smallest absolute Gasteiger partial charge is 0.366 e. The Labute approximate surface area is 90.2 Å². The number of rotatable bonds is 1. The monoisotopic (exact) mass is 213 g/mol. The van der Waals surface area contributed by atoms with E-state index in [1.165, 1.54) is 6.26 Å². The maximum atomic E-state index is 11.6. The Morgan fingerprint density at radius 2 is 1.94 bits per heavy atom. The second-order valence-electron chi connectivity index (χ2n) is 3.29. The molecule has 0 saturated carbocycles. The van der Waals surface area contributed by atoms with Crippen molar-refractivity contribution in [3.63, 3.8) is 0 Å². The highest BCUT2D eigenvalue weighted by Crippen LogP contribution is 2.17. The molecule has 2 heterocycles. The maximum absolute atomic E-state index is 11.6. The number of furan rings is 1. The molecule has 0 amide bonds.